The molecule has 1 unspecified atom stereocenters. The van der Waals surface area contributed by atoms with Crippen LogP contribution < -0.4 is 5.73 Å². The van der Waals surface area contributed by atoms with Crippen LogP contribution in [0.3, 0.4) is 0 Å². The van der Waals surface area contributed by atoms with Crippen LogP contribution in [0.15, 0.2) is 0 Å². The Morgan fingerprint density at radius 2 is 1.79 bits per heavy atom. The predicted octanol–water partition coefficient (Wildman–Crippen LogP) is 3.14. The van der Waals surface area contributed by atoms with Gasteiger partial charge in [0.25, 0.3) is 0 Å². The van der Waals surface area contributed by atoms with E-state index >= 15 is 0 Å². The minimum Gasteiger partial charge on any atom is -0.415 e. The molecule has 0 aromatic heterocycles. The van der Waals surface area contributed by atoms with E-state index in [4.69, 9.17) is 10.2 Å². The van der Waals surface area contributed by atoms with E-state index in [9.17, 15) is 0 Å². The lowest BCUT2D eigenvalue weighted by molar-refractivity contribution is 0.257. The van der Waals surface area contributed by atoms with E-state index in [0.29, 0.717) is 5.04 Å². The molecule has 86 valence electrons. The van der Waals surface area contributed by atoms with Crippen LogP contribution in [-0.2, 0) is 4.43 Å². The molecule has 0 heterocycles. The third kappa shape index (κ3) is 4.58. The smallest absolute Gasteiger partial charge is 0.192 e. The van der Waals surface area contributed by atoms with Crippen molar-refractivity contribution in [3.63, 3.8) is 0 Å². The summed E-state index contributed by atoms with van der Waals surface area (Å²) in [4.78, 5) is 0. The maximum atomic E-state index is 6.02. The molecule has 0 radical (unpaired) electrons. The summed E-state index contributed by atoms with van der Waals surface area (Å²) in [5.41, 5.74) is 5.93. The molecule has 0 saturated carbocycles. The van der Waals surface area contributed by atoms with Crippen molar-refractivity contribution in [2.24, 2.45) is 5.73 Å². The molecule has 0 aliphatic rings. The summed E-state index contributed by atoms with van der Waals surface area (Å²) in [6.07, 6.45) is 2.21. The predicted molar refractivity (Wildman–Crippen MR) is 66.0 cm³/mol. The van der Waals surface area contributed by atoms with E-state index in [2.05, 4.69) is 40.8 Å². The van der Waals surface area contributed by atoms with Gasteiger partial charge >= 0.3 is 0 Å². The standard InChI is InChI=1S/C11H27NOSi/c1-7-8-10(12)9-13-14(5,6)11(2,3)4/h10H,7-9,12H2,1-6H3. The Bertz CT molecular complexity index is 163. The maximum Gasteiger partial charge on any atom is 0.192 e. The van der Waals surface area contributed by atoms with E-state index in [1.54, 1.807) is 0 Å². The molecule has 0 spiro atoms. The highest BCUT2D eigenvalue weighted by molar-refractivity contribution is 6.74. The molecule has 14 heavy (non-hydrogen) atoms. The van der Waals surface area contributed by atoms with Gasteiger partial charge in [0.05, 0.1) is 0 Å². The van der Waals surface area contributed by atoms with Gasteiger partial charge in [-0.2, -0.15) is 0 Å². The van der Waals surface area contributed by atoms with Crippen molar-refractivity contribution in [2.45, 2.75) is 64.7 Å². The third-order valence-corrected chi connectivity index (χ3v) is 7.62. The molecule has 0 fully saturated rings. The molecule has 3 heteroatoms. The van der Waals surface area contributed by atoms with Crippen LogP contribution >= 0.6 is 0 Å². The van der Waals surface area contributed by atoms with Gasteiger partial charge in [-0.3, -0.25) is 0 Å². The summed E-state index contributed by atoms with van der Waals surface area (Å²) in [5.74, 6) is 0. The summed E-state index contributed by atoms with van der Waals surface area (Å²) in [6.45, 7) is 14.2. The molecule has 0 rings (SSSR count). The zero-order valence-corrected chi connectivity index (χ0v) is 11.7. The van der Waals surface area contributed by atoms with E-state index in [1.807, 2.05) is 0 Å². The highest BCUT2D eigenvalue weighted by Crippen LogP contribution is 2.36. The second-order valence-corrected chi connectivity index (χ2v) is 10.4. The summed E-state index contributed by atoms with van der Waals surface area (Å²) in [7, 11) is -1.58. The van der Waals surface area contributed by atoms with Crippen LogP contribution in [0.1, 0.15) is 40.5 Å². The molecule has 0 saturated heterocycles. The van der Waals surface area contributed by atoms with Gasteiger partial charge in [-0.1, -0.05) is 34.1 Å². The monoisotopic (exact) mass is 217 g/mol. The summed E-state index contributed by atoms with van der Waals surface area (Å²) in [6, 6.07) is 0.217. The first-order valence-electron chi connectivity index (χ1n) is 5.60. The lowest BCUT2D eigenvalue weighted by Crippen LogP contribution is -2.43. The molecule has 0 amide bonds. The van der Waals surface area contributed by atoms with Crippen molar-refractivity contribution in [3.05, 3.63) is 0 Å². The van der Waals surface area contributed by atoms with Crippen molar-refractivity contribution < 1.29 is 4.43 Å². The van der Waals surface area contributed by atoms with Gasteiger partial charge < -0.3 is 10.2 Å². The van der Waals surface area contributed by atoms with Crippen LogP contribution in [-0.4, -0.2) is 21.0 Å². The highest BCUT2D eigenvalue weighted by Gasteiger charge is 2.37. The van der Waals surface area contributed by atoms with Crippen LogP contribution in [0, 0.1) is 0 Å². The Morgan fingerprint density at radius 1 is 1.29 bits per heavy atom. The van der Waals surface area contributed by atoms with Crippen molar-refractivity contribution in [3.8, 4) is 0 Å². The fraction of sp³-hybridized carbons (Fsp3) is 1.00. The van der Waals surface area contributed by atoms with Crippen molar-refractivity contribution >= 4 is 8.32 Å². The second-order valence-electron chi connectivity index (χ2n) is 5.62. The Kier molecular flexibility index (Phi) is 5.34. The van der Waals surface area contributed by atoms with Gasteiger partial charge in [0.15, 0.2) is 8.32 Å². The quantitative estimate of drug-likeness (QED) is 0.718. The van der Waals surface area contributed by atoms with Crippen molar-refractivity contribution in [2.75, 3.05) is 6.61 Å². The first-order chi connectivity index (χ1) is 6.20. The molecular weight excluding hydrogens is 190 g/mol. The average Bonchev–Trinajstić information content (AvgIpc) is 1.99. The van der Waals surface area contributed by atoms with E-state index in [1.165, 1.54) is 0 Å². The Balaban J connectivity index is 3.99. The molecule has 2 nitrogen and oxygen atoms in total. The van der Waals surface area contributed by atoms with Gasteiger partial charge in [0.1, 0.15) is 0 Å². The Morgan fingerprint density at radius 3 is 2.14 bits per heavy atom. The summed E-state index contributed by atoms with van der Waals surface area (Å²) in [5, 5.41) is 0.291. The van der Waals surface area contributed by atoms with Crippen molar-refractivity contribution in [1.82, 2.24) is 0 Å². The Hall–Kier alpha value is 0.137. The first-order valence-corrected chi connectivity index (χ1v) is 8.51. The molecule has 0 aliphatic heterocycles. The molecule has 0 aromatic carbocycles. The van der Waals surface area contributed by atoms with Crippen molar-refractivity contribution in [1.29, 1.82) is 0 Å². The number of hydrogen-bond acceptors (Lipinski definition) is 2. The molecule has 0 bridgehead atoms. The van der Waals surface area contributed by atoms with Gasteiger partial charge in [0, 0.05) is 12.6 Å². The molecule has 2 N–H and O–H groups in total. The number of hydrogen-bond donors (Lipinski definition) is 1. The van der Waals surface area contributed by atoms with Crippen LogP contribution in [0.2, 0.25) is 18.1 Å². The summed E-state index contributed by atoms with van der Waals surface area (Å²) >= 11 is 0. The topological polar surface area (TPSA) is 35.2 Å². The fourth-order valence-electron chi connectivity index (χ4n) is 0.986. The van der Waals surface area contributed by atoms with Gasteiger partial charge in [-0.25, -0.2) is 0 Å². The number of nitrogens with two attached hydrogens (primary N) is 1. The second kappa shape index (κ2) is 5.28. The van der Waals surface area contributed by atoms with Gasteiger partial charge in [-0.05, 0) is 24.6 Å². The number of rotatable bonds is 5. The van der Waals surface area contributed by atoms with Crippen LogP contribution in [0.4, 0.5) is 0 Å². The largest absolute Gasteiger partial charge is 0.415 e. The SMILES string of the molecule is CCCC(N)CO[Si](C)(C)C(C)(C)C. The molecular formula is C11H27NOSi. The zero-order valence-electron chi connectivity index (χ0n) is 10.7. The minimum absolute atomic E-state index is 0.217. The highest BCUT2D eigenvalue weighted by atomic mass is 28.4. The maximum absolute atomic E-state index is 6.02. The van der Waals surface area contributed by atoms with Gasteiger partial charge in [0.2, 0.25) is 0 Å². The van der Waals surface area contributed by atoms with E-state index in [0.717, 1.165) is 19.4 Å². The van der Waals surface area contributed by atoms with Gasteiger partial charge in [-0.15, -0.1) is 0 Å². The minimum atomic E-state index is -1.58. The first kappa shape index (κ1) is 14.1. The lowest BCUT2D eigenvalue weighted by Gasteiger charge is -2.36. The normalized spacial score (nSPS) is 15.6. The molecule has 0 aliphatic carbocycles. The average molecular weight is 217 g/mol. The zero-order chi connectivity index (χ0) is 11.4. The van der Waals surface area contributed by atoms with E-state index in [-0.39, 0.29) is 6.04 Å². The molecule has 0 aromatic rings. The van der Waals surface area contributed by atoms with Crippen LogP contribution in [0.25, 0.3) is 0 Å². The fourth-order valence-corrected chi connectivity index (χ4v) is 2.05. The summed E-state index contributed by atoms with van der Waals surface area (Å²) < 4.78 is 6.02. The lowest BCUT2D eigenvalue weighted by atomic mass is 10.2. The van der Waals surface area contributed by atoms with E-state index < -0.39 is 8.32 Å². The van der Waals surface area contributed by atoms with Crippen LogP contribution in [0.5, 0.6) is 0 Å². The third-order valence-electron chi connectivity index (χ3n) is 3.12. The molecule has 1 atom stereocenters. The Labute approximate surface area is 90.3 Å².